The van der Waals surface area contributed by atoms with Crippen molar-refractivity contribution in [2.45, 2.75) is 19.8 Å². The van der Waals surface area contributed by atoms with Gasteiger partial charge in [0.2, 0.25) is 0 Å². The molecule has 0 unspecified atom stereocenters. The highest BCUT2D eigenvalue weighted by molar-refractivity contribution is 6.33. The summed E-state index contributed by atoms with van der Waals surface area (Å²) in [4.78, 5) is 12.2. The van der Waals surface area contributed by atoms with Gasteiger partial charge in [0, 0.05) is 22.0 Å². The molecule has 2 rings (SSSR count). The first-order valence-electron chi connectivity index (χ1n) is 6.16. The molecule has 0 saturated heterocycles. The minimum atomic E-state index is 0.0480. The van der Waals surface area contributed by atoms with Crippen LogP contribution in [0.25, 0.3) is 0 Å². The van der Waals surface area contributed by atoms with Crippen LogP contribution in [0.2, 0.25) is 10.0 Å². The Morgan fingerprint density at radius 2 is 1.74 bits per heavy atom. The summed E-state index contributed by atoms with van der Waals surface area (Å²) in [6.07, 6.45) is 1.24. The number of aryl methyl sites for hydroxylation is 1. The summed E-state index contributed by atoms with van der Waals surface area (Å²) in [5.41, 5.74) is 2.68. The lowest BCUT2D eigenvalue weighted by molar-refractivity contribution is 0.0993. The Hall–Kier alpha value is -1.31. The van der Waals surface area contributed by atoms with E-state index in [1.165, 1.54) is 5.56 Å². The van der Waals surface area contributed by atoms with Gasteiger partial charge in [-0.05, 0) is 35.7 Å². The summed E-state index contributed by atoms with van der Waals surface area (Å²) in [5.74, 6) is 0.0480. The van der Waals surface area contributed by atoms with Crippen LogP contribution in [0.3, 0.4) is 0 Å². The maximum atomic E-state index is 12.2. The number of rotatable bonds is 4. The van der Waals surface area contributed by atoms with Crippen LogP contribution in [0.1, 0.15) is 28.4 Å². The predicted molar refractivity (Wildman–Crippen MR) is 80.3 cm³/mol. The minimum absolute atomic E-state index is 0.0480. The van der Waals surface area contributed by atoms with Crippen LogP contribution >= 0.6 is 23.2 Å². The summed E-state index contributed by atoms with van der Waals surface area (Å²) in [6, 6.07) is 12.8. The van der Waals surface area contributed by atoms with Gasteiger partial charge in [0.15, 0.2) is 5.78 Å². The SMILES string of the molecule is CCc1ccc(C(=O)Cc2cc(Cl)ccc2Cl)cc1. The first-order chi connectivity index (χ1) is 9.10. The summed E-state index contributed by atoms with van der Waals surface area (Å²) >= 11 is 12.0. The van der Waals surface area contributed by atoms with Crippen molar-refractivity contribution >= 4 is 29.0 Å². The second-order valence-corrected chi connectivity index (χ2v) is 5.23. The third-order valence-corrected chi connectivity index (χ3v) is 3.65. The molecular formula is C16H14Cl2O. The van der Waals surface area contributed by atoms with E-state index in [4.69, 9.17) is 23.2 Å². The number of carbonyl (C=O) groups excluding carboxylic acids is 1. The number of carbonyl (C=O) groups is 1. The molecule has 0 N–H and O–H groups in total. The van der Waals surface area contributed by atoms with Gasteiger partial charge < -0.3 is 0 Å². The second kappa shape index (κ2) is 6.23. The van der Waals surface area contributed by atoms with Crippen LogP contribution in [-0.2, 0) is 12.8 Å². The number of benzene rings is 2. The van der Waals surface area contributed by atoms with E-state index in [0.717, 1.165) is 12.0 Å². The Kier molecular flexibility index (Phi) is 4.62. The van der Waals surface area contributed by atoms with Crippen LogP contribution in [-0.4, -0.2) is 5.78 Å². The molecule has 0 aliphatic rings. The van der Waals surface area contributed by atoms with E-state index >= 15 is 0 Å². The van der Waals surface area contributed by atoms with Crippen molar-refractivity contribution in [3.05, 3.63) is 69.2 Å². The van der Waals surface area contributed by atoms with Gasteiger partial charge >= 0.3 is 0 Å². The third-order valence-electron chi connectivity index (χ3n) is 3.04. The van der Waals surface area contributed by atoms with Crippen molar-refractivity contribution in [2.75, 3.05) is 0 Å². The molecule has 0 amide bonds. The fourth-order valence-corrected chi connectivity index (χ4v) is 2.26. The van der Waals surface area contributed by atoms with Crippen molar-refractivity contribution in [2.24, 2.45) is 0 Å². The van der Waals surface area contributed by atoms with Crippen molar-refractivity contribution in [1.29, 1.82) is 0 Å². The highest BCUT2D eigenvalue weighted by atomic mass is 35.5. The molecule has 0 bridgehead atoms. The zero-order valence-corrected chi connectivity index (χ0v) is 12.1. The van der Waals surface area contributed by atoms with Gasteiger partial charge in [0.25, 0.3) is 0 Å². The lowest BCUT2D eigenvalue weighted by Gasteiger charge is -2.05. The molecule has 19 heavy (non-hydrogen) atoms. The van der Waals surface area contributed by atoms with Gasteiger partial charge in [-0.1, -0.05) is 54.4 Å². The molecule has 0 aliphatic heterocycles. The molecule has 0 radical (unpaired) electrons. The molecule has 98 valence electrons. The Labute approximate surface area is 123 Å². The van der Waals surface area contributed by atoms with E-state index in [-0.39, 0.29) is 12.2 Å². The second-order valence-electron chi connectivity index (χ2n) is 4.39. The fraction of sp³-hybridized carbons (Fsp3) is 0.188. The minimum Gasteiger partial charge on any atom is -0.294 e. The van der Waals surface area contributed by atoms with Gasteiger partial charge in [-0.25, -0.2) is 0 Å². The van der Waals surface area contributed by atoms with Gasteiger partial charge in [-0.2, -0.15) is 0 Å². The highest BCUT2D eigenvalue weighted by Gasteiger charge is 2.10. The number of hydrogen-bond donors (Lipinski definition) is 0. The van der Waals surface area contributed by atoms with Crippen LogP contribution < -0.4 is 0 Å². The van der Waals surface area contributed by atoms with E-state index in [2.05, 4.69) is 6.92 Å². The van der Waals surface area contributed by atoms with Crippen LogP contribution in [0.5, 0.6) is 0 Å². The molecule has 0 fully saturated rings. The van der Waals surface area contributed by atoms with E-state index < -0.39 is 0 Å². The van der Waals surface area contributed by atoms with Gasteiger partial charge in [-0.3, -0.25) is 4.79 Å². The molecule has 3 heteroatoms. The van der Waals surface area contributed by atoms with Crippen LogP contribution in [0.4, 0.5) is 0 Å². The molecule has 0 heterocycles. The van der Waals surface area contributed by atoms with Gasteiger partial charge in [0.05, 0.1) is 0 Å². The quantitative estimate of drug-likeness (QED) is 0.726. The number of ketones is 1. The summed E-state index contributed by atoms with van der Waals surface area (Å²) < 4.78 is 0. The number of hydrogen-bond acceptors (Lipinski definition) is 1. The molecule has 0 atom stereocenters. The lowest BCUT2D eigenvalue weighted by atomic mass is 10.0. The van der Waals surface area contributed by atoms with Crippen molar-refractivity contribution < 1.29 is 4.79 Å². The predicted octanol–water partition coefficient (Wildman–Crippen LogP) is 4.98. The summed E-state index contributed by atoms with van der Waals surface area (Å²) in [6.45, 7) is 2.09. The zero-order chi connectivity index (χ0) is 13.8. The Balaban J connectivity index is 2.18. The Morgan fingerprint density at radius 3 is 2.37 bits per heavy atom. The zero-order valence-electron chi connectivity index (χ0n) is 10.6. The average molecular weight is 293 g/mol. The van der Waals surface area contributed by atoms with Crippen molar-refractivity contribution in [3.8, 4) is 0 Å². The summed E-state index contributed by atoms with van der Waals surface area (Å²) in [5, 5.41) is 1.16. The lowest BCUT2D eigenvalue weighted by Crippen LogP contribution is -2.04. The van der Waals surface area contributed by atoms with E-state index in [1.807, 2.05) is 24.3 Å². The van der Waals surface area contributed by atoms with Gasteiger partial charge in [0.1, 0.15) is 0 Å². The third kappa shape index (κ3) is 3.59. The summed E-state index contributed by atoms with van der Waals surface area (Å²) in [7, 11) is 0. The maximum Gasteiger partial charge on any atom is 0.167 e. The smallest absolute Gasteiger partial charge is 0.167 e. The standard InChI is InChI=1S/C16H14Cl2O/c1-2-11-3-5-12(6-4-11)16(19)10-13-9-14(17)7-8-15(13)18/h3-9H,2,10H2,1H3. The average Bonchev–Trinajstić information content (AvgIpc) is 2.43. The number of halogens is 2. The molecule has 1 nitrogen and oxygen atoms in total. The Morgan fingerprint density at radius 1 is 1.05 bits per heavy atom. The molecule has 0 aromatic heterocycles. The number of Topliss-reactive ketones (excluding diaryl/α,β-unsaturated/α-hetero) is 1. The molecular weight excluding hydrogens is 279 g/mol. The topological polar surface area (TPSA) is 17.1 Å². The normalized spacial score (nSPS) is 10.5. The highest BCUT2D eigenvalue weighted by Crippen LogP contribution is 2.22. The largest absolute Gasteiger partial charge is 0.294 e. The van der Waals surface area contributed by atoms with E-state index in [0.29, 0.717) is 15.6 Å². The molecule has 0 saturated carbocycles. The van der Waals surface area contributed by atoms with Gasteiger partial charge in [-0.15, -0.1) is 0 Å². The maximum absolute atomic E-state index is 12.2. The van der Waals surface area contributed by atoms with Crippen molar-refractivity contribution in [3.63, 3.8) is 0 Å². The van der Waals surface area contributed by atoms with Crippen LogP contribution in [0, 0.1) is 0 Å². The van der Waals surface area contributed by atoms with Crippen LogP contribution in [0.15, 0.2) is 42.5 Å². The fourth-order valence-electron chi connectivity index (χ4n) is 1.88. The monoisotopic (exact) mass is 292 g/mol. The molecule has 2 aromatic carbocycles. The van der Waals surface area contributed by atoms with E-state index in [1.54, 1.807) is 18.2 Å². The Bertz CT molecular complexity index is 588. The van der Waals surface area contributed by atoms with E-state index in [9.17, 15) is 4.79 Å². The molecule has 2 aromatic rings. The first-order valence-corrected chi connectivity index (χ1v) is 6.92. The first kappa shape index (κ1) is 14.1. The molecule has 0 spiro atoms. The molecule has 0 aliphatic carbocycles. The van der Waals surface area contributed by atoms with Crippen molar-refractivity contribution in [1.82, 2.24) is 0 Å².